The molecule has 0 spiro atoms. The van der Waals surface area contributed by atoms with Crippen molar-refractivity contribution >= 4 is 0 Å². The van der Waals surface area contributed by atoms with Gasteiger partial charge >= 0.3 is 0 Å². The number of hydrogen-bond donors (Lipinski definition) is 2. The number of rotatable bonds is 4. The fraction of sp³-hybridized carbons (Fsp3) is 0.250. The van der Waals surface area contributed by atoms with Crippen molar-refractivity contribution in [3.63, 3.8) is 0 Å². The monoisotopic (exact) mass is 299 g/mol. The van der Waals surface area contributed by atoms with Crippen LogP contribution in [0.2, 0.25) is 0 Å². The number of benzene rings is 1. The van der Waals surface area contributed by atoms with E-state index in [1.54, 1.807) is 17.7 Å². The summed E-state index contributed by atoms with van der Waals surface area (Å²) in [6.07, 6.45) is 0. The lowest BCUT2D eigenvalue weighted by atomic mass is 10.2. The first-order valence-electron chi connectivity index (χ1n) is 6.96. The molecule has 22 heavy (non-hydrogen) atoms. The predicted octanol–water partition coefficient (Wildman–Crippen LogP) is 2.13. The molecule has 0 saturated heterocycles. The van der Waals surface area contributed by atoms with Crippen molar-refractivity contribution in [3.05, 3.63) is 53.0 Å². The van der Waals surface area contributed by atoms with Gasteiger partial charge < -0.3 is 14.6 Å². The number of aryl methyl sites for hydroxylation is 2. The van der Waals surface area contributed by atoms with Crippen LogP contribution in [0.15, 0.2) is 34.7 Å². The normalized spacial score (nSPS) is 11.1. The third kappa shape index (κ3) is 2.54. The lowest BCUT2D eigenvalue weighted by molar-refractivity contribution is 0.271. The standard InChI is InChI=1S/C16H17N3O3/c1-10-4-3-5-13(6-10)19-16(17-15(9-21)18-19)14-7-12(8-20)11(2)22-14/h3-7,20-21H,8-9H2,1-2H3. The van der Waals surface area contributed by atoms with E-state index in [-0.39, 0.29) is 13.2 Å². The molecule has 0 amide bonds. The first-order valence-corrected chi connectivity index (χ1v) is 6.96. The summed E-state index contributed by atoms with van der Waals surface area (Å²) >= 11 is 0. The molecular formula is C16H17N3O3. The van der Waals surface area contributed by atoms with Gasteiger partial charge in [-0.1, -0.05) is 12.1 Å². The zero-order chi connectivity index (χ0) is 15.7. The van der Waals surface area contributed by atoms with E-state index in [1.807, 2.05) is 31.2 Å². The van der Waals surface area contributed by atoms with E-state index in [2.05, 4.69) is 10.1 Å². The van der Waals surface area contributed by atoms with Gasteiger partial charge in [0.25, 0.3) is 0 Å². The molecule has 2 heterocycles. The number of hydrogen-bond acceptors (Lipinski definition) is 5. The third-order valence-corrected chi connectivity index (χ3v) is 3.45. The quantitative estimate of drug-likeness (QED) is 0.771. The Balaban J connectivity index is 2.16. The molecule has 0 radical (unpaired) electrons. The maximum absolute atomic E-state index is 9.32. The summed E-state index contributed by atoms with van der Waals surface area (Å²) in [7, 11) is 0. The highest BCUT2D eigenvalue weighted by Crippen LogP contribution is 2.26. The molecule has 0 aliphatic rings. The molecule has 0 fully saturated rings. The van der Waals surface area contributed by atoms with Crippen molar-refractivity contribution in [2.75, 3.05) is 0 Å². The molecule has 0 unspecified atom stereocenters. The van der Waals surface area contributed by atoms with Crippen LogP contribution in [0, 0.1) is 13.8 Å². The largest absolute Gasteiger partial charge is 0.458 e. The van der Waals surface area contributed by atoms with Gasteiger partial charge in [-0.05, 0) is 37.6 Å². The van der Waals surface area contributed by atoms with Crippen molar-refractivity contribution in [1.82, 2.24) is 14.8 Å². The molecule has 0 aliphatic carbocycles. The van der Waals surface area contributed by atoms with Gasteiger partial charge in [0.2, 0.25) is 0 Å². The van der Waals surface area contributed by atoms with Gasteiger partial charge in [0.1, 0.15) is 12.4 Å². The molecular weight excluding hydrogens is 282 g/mol. The molecule has 0 aliphatic heterocycles. The van der Waals surface area contributed by atoms with Crippen LogP contribution in [-0.4, -0.2) is 25.0 Å². The average molecular weight is 299 g/mol. The molecule has 6 nitrogen and oxygen atoms in total. The molecule has 114 valence electrons. The van der Waals surface area contributed by atoms with E-state index in [4.69, 9.17) is 4.42 Å². The van der Waals surface area contributed by atoms with Crippen molar-refractivity contribution in [3.8, 4) is 17.3 Å². The fourth-order valence-corrected chi connectivity index (χ4v) is 2.31. The fourth-order valence-electron chi connectivity index (χ4n) is 2.31. The molecule has 3 aromatic rings. The second-order valence-electron chi connectivity index (χ2n) is 5.11. The number of nitrogens with zero attached hydrogens (tertiary/aromatic N) is 3. The Morgan fingerprint density at radius 1 is 1.14 bits per heavy atom. The third-order valence-electron chi connectivity index (χ3n) is 3.45. The molecule has 3 rings (SSSR count). The van der Waals surface area contributed by atoms with E-state index >= 15 is 0 Å². The van der Waals surface area contributed by atoms with Gasteiger partial charge in [-0.25, -0.2) is 9.67 Å². The van der Waals surface area contributed by atoms with Gasteiger partial charge in [-0.15, -0.1) is 5.10 Å². The van der Waals surface area contributed by atoms with Crippen LogP contribution in [0.4, 0.5) is 0 Å². The summed E-state index contributed by atoms with van der Waals surface area (Å²) in [4.78, 5) is 4.32. The molecule has 0 saturated carbocycles. The van der Waals surface area contributed by atoms with Crippen molar-refractivity contribution in [1.29, 1.82) is 0 Å². The Kier molecular flexibility index (Phi) is 3.79. The van der Waals surface area contributed by atoms with E-state index in [0.717, 1.165) is 11.3 Å². The Bertz CT molecular complexity index is 805. The highest BCUT2D eigenvalue weighted by atomic mass is 16.3. The maximum Gasteiger partial charge on any atom is 0.199 e. The van der Waals surface area contributed by atoms with Gasteiger partial charge in [0.05, 0.1) is 12.3 Å². The van der Waals surface area contributed by atoms with Crippen LogP contribution < -0.4 is 0 Å². The summed E-state index contributed by atoms with van der Waals surface area (Å²) in [6.45, 7) is 3.43. The van der Waals surface area contributed by atoms with Gasteiger partial charge in [0.15, 0.2) is 17.4 Å². The highest BCUT2D eigenvalue weighted by Gasteiger charge is 2.18. The van der Waals surface area contributed by atoms with E-state index in [0.29, 0.717) is 28.7 Å². The molecule has 0 bridgehead atoms. The maximum atomic E-state index is 9.32. The summed E-state index contributed by atoms with van der Waals surface area (Å²) in [5.74, 6) is 1.96. The van der Waals surface area contributed by atoms with E-state index in [9.17, 15) is 10.2 Å². The second-order valence-corrected chi connectivity index (χ2v) is 5.11. The number of aromatic nitrogens is 3. The molecule has 2 N–H and O–H groups in total. The molecule has 0 atom stereocenters. The molecule has 6 heteroatoms. The van der Waals surface area contributed by atoms with Crippen LogP contribution >= 0.6 is 0 Å². The van der Waals surface area contributed by atoms with Crippen molar-refractivity contribution < 1.29 is 14.6 Å². The smallest absolute Gasteiger partial charge is 0.199 e. The number of aliphatic hydroxyl groups excluding tert-OH is 2. The lowest BCUT2D eigenvalue weighted by Crippen LogP contribution is -2.00. The Labute approximate surface area is 127 Å². The predicted molar refractivity (Wildman–Crippen MR) is 80.4 cm³/mol. The number of furan rings is 1. The Morgan fingerprint density at radius 3 is 2.59 bits per heavy atom. The van der Waals surface area contributed by atoms with E-state index in [1.165, 1.54) is 0 Å². The van der Waals surface area contributed by atoms with Crippen LogP contribution in [-0.2, 0) is 13.2 Å². The molecule has 2 aromatic heterocycles. The van der Waals surface area contributed by atoms with Gasteiger partial charge in [-0.3, -0.25) is 0 Å². The Morgan fingerprint density at radius 2 is 1.95 bits per heavy atom. The van der Waals surface area contributed by atoms with Gasteiger partial charge in [0, 0.05) is 5.56 Å². The minimum atomic E-state index is -0.252. The summed E-state index contributed by atoms with van der Waals surface area (Å²) < 4.78 is 7.31. The topological polar surface area (TPSA) is 84.3 Å². The van der Waals surface area contributed by atoms with Crippen LogP contribution in [0.3, 0.4) is 0 Å². The van der Waals surface area contributed by atoms with Gasteiger partial charge in [-0.2, -0.15) is 0 Å². The average Bonchev–Trinajstić information content (AvgIpc) is 3.10. The Hall–Kier alpha value is -2.44. The van der Waals surface area contributed by atoms with Crippen molar-refractivity contribution in [2.45, 2.75) is 27.1 Å². The van der Waals surface area contributed by atoms with E-state index < -0.39 is 0 Å². The van der Waals surface area contributed by atoms with Crippen molar-refractivity contribution in [2.24, 2.45) is 0 Å². The summed E-state index contributed by atoms with van der Waals surface area (Å²) in [6, 6.07) is 9.55. The minimum Gasteiger partial charge on any atom is -0.458 e. The lowest BCUT2D eigenvalue weighted by Gasteiger charge is -2.04. The van der Waals surface area contributed by atoms with Crippen LogP contribution in [0.1, 0.15) is 22.7 Å². The molecule has 1 aromatic carbocycles. The summed E-state index contributed by atoms with van der Waals surface area (Å²) in [5, 5.41) is 22.9. The zero-order valence-corrected chi connectivity index (χ0v) is 12.4. The summed E-state index contributed by atoms with van der Waals surface area (Å²) in [5.41, 5.74) is 2.64. The zero-order valence-electron chi connectivity index (χ0n) is 12.4. The minimum absolute atomic E-state index is 0.0965. The second kappa shape index (κ2) is 5.75. The van der Waals surface area contributed by atoms with Crippen LogP contribution in [0.5, 0.6) is 0 Å². The first kappa shape index (κ1) is 14.5. The first-order chi connectivity index (χ1) is 10.6. The highest BCUT2D eigenvalue weighted by molar-refractivity contribution is 5.54. The number of aliphatic hydroxyl groups is 2. The SMILES string of the molecule is Cc1cccc(-n2nc(CO)nc2-c2cc(CO)c(C)o2)c1. The van der Waals surface area contributed by atoms with Crippen LogP contribution in [0.25, 0.3) is 17.3 Å².